The lowest BCUT2D eigenvalue weighted by molar-refractivity contribution is -0.124. The quantitative estimate of drug-likeness (QED) is 0.616. The van der Waals surface area contributed by atoms with Gasteiger partial charge in [0.2, 0.25) is 5.91 Å². The van der Waals surface area contributed by atoms with E-state index in [-0.39, 0.29) is 29.1 Å². The number of nitrogens with one attached hydrogen (secondary N) is 1. The van der Waals surface area contributed by atoms with Gasteiger partial charge in [-0.3, -0.25) is 4.79 Å². The second-order valence-corrected chi connectivity index (χ2v) is 5.64. The summed E-state index contributed by atoms with van der Waals surface area (Å²) in [6.07, 6.45) is 1.18. The van der Waals surface area contributed by atoms with Crippen molar-refractivity contribution >= 4 is 5.91 Å². The molecule has 0 heterocycles. The van der Waals surface area contributed by atoms with Gasteiger partial charge >= 0.3 is 0 Å². The number of rotatable bonds is 6. The zero-order chi connectivity index (χ0) is 16.8. The van der Waals surface area contributed by atoms with Crippen LogP contribution in [0.15, 0.2) is 42.5 Å². The van der Waals surface area contributed by atoms with E-state index in [0.29, 0.717) is 19.4 Å². The van der Waals surface area contributed by atoms with Crippen molar-refractivity contribution in [1.82, 2.24) is 5.32 Å². The maximum atomic E-state index is 12.1. The maximum absolute atomic E-state index is 12.1. The van der Waals surface area contributed by atoms with Gasteiger partial charge in [-0.1, -0.05) is 25.1 Å². The Bertz CT molecular complexity index is 667. The Balaban J connectivity index is 1.80. The predicted molar refractivity (Wildman–Crippen MR) is 87.5 cm³/mol. The number of benzene rings is 2. The maximum Gasteiger partial charge on any atom is 0.223 e. The Hall–Kier alpha value is -2.69. The lowest BCUT2D eigenvalue weighted by Crippen LogP contribution is -2.31. The number of hydrogen-bond acceptors (Lipinski definition) is 4. The van der Waals surface area contributed by atoms with Crippen molar-refractivity contribution in [3.05, 3.63) is 53.6 Å². The molecule has 4 N–H and O–H groups in total. The fourth-order valence-electron chi connectivity index (χ4n) is 2.31. The zero-order valence-corrected chi connectivity index (χ0v) is 13.0. The van der Waals surface area contributed by atoms with E-state index in [4.69, 9.17) is 0 Å². The minimum absolute atomic E-state index is 0.0589. The van der Waals surface area contributed by atoms with Gasteiger partial charge in [0.1, 0.15) is 5.75 Å². The van der Waals surface area contributed by atoms with Gasteiger partial charge in [-0.15, -0.1) is 0 Å². The molecule has 0 radical (unpaired) electrons. The van der Waals surface area contributed by atoms with Crippen molar-refractivity contribution in [2.24, 2.45) is 5.92 Å². The normalized spacial score (nSPS) is 11.9. The highest BCUT2D eigenvalue weighted by Crippen LogP contribution is 2.26. The lowest BCUT2D eigenvalue weighted by Gasteiger charge is -2.13. The predicted octanol–water partition coefficient (Wildman–Crippen LogP) is 2.34. The van der Waals surface area contributed by atoms with Gasteiger partial charge in [0.15, 0.2) is 11.5 Å². The van der Waals surface area contributed by atoms with Crippen LogP contribution >= 0.6 is 0 Å². The molecule has 122 valence electrons. The van der Waals surface area contributed by atoms with Crippen molar-refractivity contribution in [1.29, 1.82) is 0 Å². The summed E-state index contributed by atoms with van der Waals surface area (Å²) in [5, 5.41) is 30.8. The third kappa shape index (κ3) is 4.92. The topological polar surface area (TPSA) is 89.8 Å². The molecule has 5 nitrogen and oxygen atoms in total. The number of phenolic OH excluding ortho intramolecular Hbond substituents is 3. The molecule has 1 atom stereocenters. The molecule has 5 heteroatoms. The Morgan fingerprint density at radius 1 is 1.00 bits per heavy atom. The lowest BCUT2D eigenvalue weighted by atomic mass is 10.00. The molecule has 23 heavy (non-hydrogen) atoms. The average Bonchev–Trinajstić information content (AvgIpc) is 2.52. The van der Waals surface area contributed by atoms with E-state index < -0.39 is 0 Å². The van der Waals surface area contributed by atoms with Crippen molar-refractivity contribution < 1.29 is 20.1 Å². The van der Waals surface area contributed by atoms with E-state index in [1.165, 1.54) is 12.1 Å². The Morgan fingerprint density at radius 3 is 2.30 bits per heavy atom. The molecule has 0 aliphatic carbocycles. The number of carbonyl (C=O) groups is 1. The Morgan fingerprint density at radius 2 is 1.65 bits per heavy atom. The van der Waals surface area contributed by atoms with Crippen molar-refractivity contribution in [3.63, 3.8) is 0 Å². The van der Waals surface area contributed by atoms with Crippen LogP contribution in [0.25, 0.3) is 0 Å². The molecule has 0 aliphatic heterocycles. The van der Waals surface area contributed by atoms with Crippen molar-refractivity contribution in [2.45, 2.75) is 19.8 Å². The summed E-state index contributed by atoms with van der Waals surface area (Å²) in [4.78, 5) is 12.1. The van der Waals surface area contributed by atoms with Crippen LogP contribution in [0.2, 0.25) is 0 Å². The summed E-state index contributed by atoms with van der Waals surface area (Å²) in [5.41, 5.74) is 1.83. The van der Waals surface area contributed by atoms with Crippen LogP contribution in [-0.4, -0.2) is 27.8 Å². The fourth-order valence-corrected chi connectivity index (χ4v) is 2.31. The molecular weight excluding hydrogens is 294 g/mol. The third-order valence-electron chi connectivity index (χ3n) is 3.68. The van der Waals surface area contributed by atoms with E-state index >= 15 is 0 Å². The van der Waals surface area contributed by atoms with Gasteiger partial charge in [0.25, 0.3) is 0 Å². The van der Waals surface area contributed by atoms with E-state index in [1.807, 2.05) is 19.1 Å². The minimum Gasteiger partial charge on any atom is -0.508 e. The summed E-state index contributed by atoms with van der Waals surface area (Å²) in [6.45, 7) is 2.34. The summed E-state index contributed by atoms with van der Waals surface area (Å²) in [7, 11) is 0. The van der Waals surface area contributed by atoms with Gasteiger partial charge in [-0.25, -0.2) is 0 Å². The highest BCUT2D eigenvalue weighted by Gasteiger charge is 2.14. The standard InChI is InChI=1S/C18H21NO4/c1-12(10-14-4-7-16(21)17(22)11-14)18(23)19-9-8-13-2-5-15(20)6-3-13/h2-7,11-12,20-22H,8-10H2,1H3,(H,19,23). The summed E-state index contributed by atoms with van der Waals surface area (Å²) < 4.78 is 0. The van der Waals surface area contributed by atoms with E-state index in [2.05, 4.69) is 5.32 Å². The van der Waals surface area contributed by atoms with E-state index in [0.717, 1.165) is 11.1 Å². The molecule has 0 saturated heterocycles. The monoisotopic (exact) mass is 315 g/mol. The molecular formula is C18H21NO4. The molecule has 0 aromatic heterocycles. The third-order valence-corrected chi connectivity index (χ3v) is 3.68. The first-order valence-corrected chi connectivity index (χ1v) is 7.52. The largest absolute Gasteiger partial charge is 0.508 e. The van der Waals surface area contributed by atoms with E-state index in [1.54, 1.807) is 18.2 Å². The molecule has 0 fully saturated rings. The number of amides is 1. The van der Waals surface area contributed by atoms with Crippen molar-refractivity contribution in [2.75, 3.05) is 6.54 Å². The molecule has 2 aromatic carbocycles. The number of hydrogen-bond donors (Lipinski definition) is 4. The van der Waals surface area contributed by atoms with E-state index in [9.17, 15) is 20.1 Å². The molecule has 2 aromatic rings. The molecule has 1 amide bonds. The molecule has 0 saturated carbocycles. The van der Waals surface area contributed by atoms with Crippen LogP contribution in [-0.2, 0) is 17.6 Å². The first-order chi connectivity index (χ1) is 11.0. The smallest absolute Gasteiger partial charge is 0.223 e. The van der Waals surface area contributed by atoms with Crippen LogP contribution in [0.5, 0.6) is 17.2 Å². The fraction of sp³-hybridized carbons (Fsp3) is 0.278. The average molecular weight is 315 g/mol. The SMILES string of the molecule is CC(Cc1ccc(O)c(O)c1)C(=O)NCCc1ccc(O)cc1. The number of carbonyl (C=O) groups excluding carboxylic acids is 1. The van der Waals surface area contributed by atoms with Gasteiger partial charge in [0.05, 0.1) is 0 Å². The Labute approximate surface area is 135 Å². The summed E-state index contributed by atoms with van der Waals surface area (Å²) in [6, 6.07) is 11.5. The minimum atomic E-state index is -0.237. The Kier molecular flexibility index (Phi) is 5.46. The molecule has 2 rings (SSSR count). The van der Waals surface area contributed by atoms with Crippen LogP contribution in [0.1, 0.15) is 18.1 Å². The van der Waals surface area contributed by atoms with Gasteiger partial charge in [0, 0.05) is 12.5 Å². The second kappa shape index (κ2) is 7.54. The molecule has 0 bridgehead atoms. The van der Waals surface area contributed by atoms with Crippen molar-refractivity contribution in [3.8, 4) is 17.2 Å². The van der Waals surface area contributed by atoms with Crippen LogP contribution < -0.4 is 5.32 Å². The molecule has 0 spiro atoms. The first kappa shape index (κ1) is 16.7. The summed E-state index contributed by atoms with van der Waals surface area (Å²) in [5.74, 6) is -0.416. The highest BCUT2D eigenvalue weighted by atomic mass is 16.3. The van der Waals surface area contributed by atoms with Crippen LogP contribution in [0.4, 0.5) is 0 Å². The van der Waals surface area contributed by atoms with Crippen LogP contribution in [0, 0.1) is 5.92 Å². The first-order valence-electron chi connectivity index (χ1n) is 7.52. The van der Waals surface area contributed by atoms with Gasteiger partial charge in [-0.2, -0.15) is 0 Å². The second-order valence-electron chi connectivity index (χ2n) is 5.64. The van der Waals surface area contributed by atoms with Crippen LogP contribution in [0.3, 0.4) is 0 Å². The van der Waals surface area contributed by atoms with Gasteiger partial charge in [-0.05, 0) is 48.2 Å². The molecule has 1 unspecified atom stereocenters. The number of aromatic hydroxyl groups is 3. The zero-order valence-electron chi connectivity index (χ0n) is 13.0. The summed E-state index contributed by atoms with van der Waals surface area (Å²) >= 11 is 0. The number of phenols is 3. The molecule has 0 aliphatic rings. The van der Waals surface area contributed by atoms with Gasteiger partial charge < -0.3 is 20.6 Å². The highest BCUT2D eigenvalue weighted by molar-refractivity contribution is 5.78.